The Kier molecular flexibility index (Phi) is 4.40. The zero-order chi connectivity index (χ0) is 19.9. The molecule has 0 radical (unpaired) electrons. The number of carbonyl (C=O) groups is 1. The second kappa shape index (κ2) is 6.77. The van der Waals surface area contributed by atoms with E-state index < -0.39 is 5.60 Å². The highest BCUT2D eigenvalue weighted by atomic mass is 16.5. The monoisotopic (exact) mass is 370 g/mol. The van der Waals surface area contributed by atoms with Crippen LogP contribution in [-0.4, -0.2) is 18.0 Å². The Morgan fingerprint density at radius 3 is 2.11 bits per heavy atom. The molecule has 0 spiro atoms. The van der Waals surface area contributed by atoms with Gasteiger partial charge in [-0.25, -0.2) is 0 Å². The average molecular weight is 370 g/mol. The number of benzene rings is 3. The maximum atomic E-state index is 11.7. The van der Waals surface area contributed by atoms with Gasteiger partial charge in [0.25, 0.3) is 0 Å². The standard InChI is InChI=1S/C25H22O3/c1-16(26)17-8-10-18(11-9-17)23-21-6-4-5-7-22(21)25(2,27)24(23)19-12-14-20(28-3)15-13-19/h4-15,27H,1-3H3. The highest BCUT2D eigenvalue weighted by molar-refractivity contribution is 6.07. The molecule has 1 atom stereocenters. The van der Waals surface area contributed by atoms with Gasteiger partial charge >= 0.3 is 0 Å². The number of fused-ring (bicyclic) bond motifs is 1. The molecule has 0 heterocycles. The molecule has 0 saturated heterocycles. The summed E-state index contributed by atoms with van der Waals surface area (Å²) in [7, 11) is 1.64. The number of carbonyl (C=O) groups excluding carboxylic acids is 1. The number of ketones is 1. The lowest BCUT2D eigenvalue weighted by molar-refractivity contribution is 0.101. The fourth-order valence-electron chi connectivity index (χ4n) is 3.99. The Morgan fingerprint density at radius 1 is 0.893 bits per heavy atom. The molecule has 4 rings (SSSR count). The molecule has 0 bridgehead atoms. The summed E-state index contributed by atoms with van der Waals surface area (Å²) in [6, 6.07) is 23.3. The van der Waals surface area contributed by atoms with Crippen molar-refractivity contribution in [2.75, 3.05) is 7.11 Å². The minimum absolute atomic E-state index is 0.0368. The van der Waals surface area contributed by atoms with E-state index in [1.54, 1.807) is 14.0 Å². The first-order valence-corrected chi connectivity index (χ1v) is 9.26. The van der Waals surface area contributed by atoms with E-state index in [9.17, 15) is 9.90 Å². The molecule has 1 aliphatic rings. The predicted octanol–water partition coefficient (Wildman–Crippen LogP) is 5.08. The van der Waals surface area contributed by atoms with Gasteiger partial charge in [-0.15, -0.1) is 0 Å². The van der Waals surface area contributed by atoms with Gasteiger partial charge in [-0.1, -0.05) is 60.7 Å². The van der Waals surface area contributed by atoms with Gasteiger partial charge in [0.05, 0.1) is 7.11 Å². The van der Waals surface area contributed by atoms with Gasteiger partial charge in [0, 0.05) is 11.1 Å². The highest BCUT2D eigenvalue weighted by Gasteiger charge is 2.40. The molecule has 3 nitrogen and oxygen atoms in total. The lowest BCUT2D eigenvalue weighted by Crippen LogP contribution is -2.20. The molecule has 1 N–H and O–H groups in total. The quantitative estimate of drug-likeness (QED) is 0.652. The largest absolute Gasteiger partial charge is 0.497 e. The van der Waals surface area contributed by atoms with Crippen molar-refractivity contribution in [3.8, 4) is 5.75 Å². The molecular formula is C25H22O3. The molecule has 1 aliphatic carbocycles. The van der Waals surface area contributed by atoms with E-state index in [1.807, 2.05) is 79.7 Å². The first-order valence-electron chi connectivity index (χ1n) is 9.26. The van der Waals surface area contributed by atoms with Crippen molar-refractivity contribution in [1.29, 1.82) is 0 Å². The molecule has 0 amide bonds. The van der Waals surface area contributed by atoms with Crippen LogP contribution in [0.25, 0.3) is 11.1 Å². The molecule has 140 valence electrons. The van der Waals surface area contributed by atoms with E-state index in [2.05, 4.69) is 0 Å². The van der Waals surface area contributed by atoms with Crippen LogP contribution in [0.15, 0.2) is 72.8 Å². The summed E-state index contributed by atoms with van der Waals surface area (Å²) in [5.41, 5.74) is 5.19. The van der Waals surface area contributed by atoms with Crippen LogP contribution in [0.2, 0.25) is 0 Å². The number of methoxy groups -OCH3 is 1. The highest BCUT2D eigenvalue weighted by Crippen LogP contribution is 2.51. The van der Waals surface area contributed by atoms with Gasteiger partial charge in [-0.2, -0.15) is 0 Å². The first-order chi connectivity index (χ1) is 13.4. The maximum absolute atomic E-state index is 11.7. The van der Waals surface area contributed by atoms with Crippen molar-refractivity contribution in [2.24, 2.45) is 0 Å². The summed E-state index contributed by atoms with van der Waals surface area (Å²) in [5, 5.41) is 11.5. The number of ether oxygens (including phenoxy) is 1. The molecule has 28 heavy (non-hydrogen) atoms. The Bertz CT molecular complexity index is 1070. The van der Waals surface area contributed by atoms with Crippen LogP contribution in [0.1, 0.15) is 46.5 Å². The van der Waals surface area contributed by atoms with Crippen molar-refractivity contribution < 1.29 is 14.6 Å². The minimum Gasteiger partial charge on any atom is -0.497 e. The molecule has 0 fully saturated rings. The zero-order valence-electron chi connectivity index (χ0n) is 16.2. The smallest absolute Gasteiger partial charge is 0.159 e. The van der Waals surface area contributed by atoms with Crippen LogP contribution < -0.4 is 4.74 Å². The third kappa shape index (κ3) is 2.85. The van der Waals surface area contributed by atoms with Crippen LogP contribution in [-0.2, 0) is 5.60 Å². The number of hydrogen-bond donors (Lipinski definition) is 1. The summed E-state index contributed by atoms with van der Waals surface area (Å²) >= 11 is 0. The average Bonchev–Trinajstić information content (AvgIpc) is 2.95. The second-order valence-corrected chi connectivity index (χ2v) is 7.23. The Hall–Kier alpha value is -3.17. The maximum Gasteiger partial charge on any atom is 0.159 e. The lowest BCUT2D eigenvalue weighted by atomic mass is 9.87. The van der Waals surface area contributed by atoms with Crippen molar-refractivity contribution in [3.05, 3.63) is 101 Å². The summed E-state index contributed by atoms with van der Waals surface area (Å²) in [6.07, 6.45) is 0. The van der Waals surface area contributed by atoms with Crippen molar-refractivity contribution >= 4 is 16.9 Å². The number of rotatable bonds is 4. The van der Waals surface area contributed by atoms with Crippen LogP contribution in [0.3, 0.4) is 0 Å². The fourth-order valence-corrected chi connectivity index (χ4v) is 3.99. The Labute approximate surface area is 164 Å². The van der Waals surface area contributed by atoms with Gasteiger partial charge in [0.15, 0.2) is 5.78 Å². The van der Waals surface area contributed by atoms with E-state index >= 15 is 0 Å². The lowest BCUT2D eigenvalue weighted by Gasteiger charge is -2.24. The molecule has 0 saturated carbocycles. The molecular weight excluding hydrogens is 348 g/mol. The molecule has 1 unspecified atom stereocenters. The first kappa shape index (κ1) is 18.2. The summed E-state index contributed by atoms with van der Waals surface area (Å²) in [6.45, 7) is 3.40. The third-order valence-electron chi connectivity index (χ3n) is 5.42. The summed E-state index contributed by atoms with van der Waals surface area (Å²) in [4.78, 5) is 11.7. The summed E-state index contributed by atoms with van der Waals surface area (Å²) < 4.78 is 5.28. The van der Waals surface area contributed by atoms with Gasteiger partial charge < -0.3 is 9.84 Å². The molecule has 0 aliphatic heterocycles. The minimum atomic E-state index is -1.13. The molecule has 3 aromatic carbocycles. The van der Waals surface area contributed by atoms with Crippen molar-refractivity contribution in [3.63, 3.8) is 0 Å². The molecule has 3 heteroatoms. The fraction of sp³-hybridized carbons (Fsp3) is 0.160. The van der Waals surface area contributed by atoms with Gasteiger partial charge in [0.2, 0.25) is 0 Å². The molecule has 0 aromatic heterocycles. The Balaban J connectivity index is 1.97. The Morgan fingerprint density at radius 2 is 1.50 bits per heavy atom. The predicted molar refractivity (Wildman–Crippen MR) is 111 cm³/mol. The number of aliphatic hydroxyl groups is 1. The zero-order valence-corrected chi connectivity index (χ0v) is 16.2. The van der Waals surface area contributed by atoms with Gasteiger partial charge in [0.1, 0.15) is 11.4 Å². The number of Topliss-reactive ketones (excluding diaryl/α,β-unsaturated/α-hetero) is 1. The number of hydrogen-bond acceptors (Lipinski definition) is 3. The van der Waals surface area contributed by atoms with Crippen LogP contribution in [0.5, 0.6) is 5.75 Å². The third-order valence-corrected chi connectivity index (χ3v) is 5.42. The normalized spacial score (nSPS) is 18.1. The van der Waals surface area contributed by atoms with Crippen molar-refractivity contribution in [1.82, 2.24) is 0 Å². The summed E-state index contributed by atoms with van der Waals surface area (Å²) in [5.74, 6) is 0.807. The topological polar surface area (TPSA) is 46.5 Å². The van der Waals surface area contributed by atoms with Gasteiger partial charge in [-0.3, -0.25) is 4.79 Å². The van der Waals surface area contributed by atoms with E-state index in [0.717, 1.165) is 39.1 Å². The SMILES string of the molecule is COc1ccc(C2=C(c3ccc(C(C)=O)cc3)c3ccccc3C2(C)O)cc1. The van der Waals surface area contributed by atoms with E-state index in [4.69, 9.17) is 4.74 Å². The van der Waals surface area contributed by atoms with E-state index in [-0.39, 0.29) is 5.78 Å². The molecule has 3 aromatic rings. The van der Waals surface area contributed by atoms with Crippen LogP contribution in [0.4, 0.5) is 0 Å². The van der Waals surface area contributed by atoms with Gasteiger partial charge in [-0.05, 0) is 53.8 Å². The van der Waals surface area contributed by atoms with Crippen LogP contribution >= 0.6 is 0 Å². The van der Waals surface area contributed by atoms with Crippen molar-refractivity contribution in [2.45, 2.75) is 19.4 Å². The van der Waals surface area contributed by atoms with E-state index in [0.29, 0.717) is 5.56 Å². The van der Waals surface area contributed by atoms with E-state index in [1.165, 1.54) is 0 Å². The second-order valence-electron chi connectivity index (χ2n) is 7.23. The van der Waals surface area contributed by atoms with Crippen LogP contribution in [0, 0.1) is 0 Å².